The normalized spacial score (nSPS) is 21.0. The fourth-order valence-electron chi connectivity index (χ4n) is 6.11. The maximum atomic E-state index is 6.94. The van der Waals surface area contributed by atoms with Gasteiger partial charge in [-0.3, -0.25) is 4.90 Å². The van der Waals surface area contributed by atoms with Crippen LogP contribution in [0.1, 0.15) is 70.1 Å². The maximum Gasteiger partial charge on any atom is 0.250 e. The fourth-order valence-corrected chi connectivity index (χ4v) is 7.12. The molecule has 0 amide bonds. The van der Waals surface area contributed by atoms with Crippen molar-refractivity contribution in [2.24, 2.45) is 0 Å². The first-order valence-electron chi connectivity index (χ1n) is 15.9. The summed E-state index contributed by atoms with van der Waals surface area (Å²) in [6.07, 6.45) is 12.5. The Bertz CT molecular complexity index is 1480. The Kier molecular flexibility index (Phi) is 8.41. The zero-order valence-electron chi connectivity index (χ0n) is 26.1. The van der Waals surface area contributed by atoms with Crippen LogP contribution in [-0.2, 0) is 9.16 Å². The highest BCUT2D eigenvalue weighted by Crippen LogP contribution is 2.41. The summed E-state index contributed by atoms with van der Waals surface area (Å²) in [7, 11) is -2.06. The predicted molar refractivity (Wildman–Crippen MR) is 174 cm³/mol. The van der Waals surface area contributed by atoms with Crippen LogP contribution in [0, 0.1) is 0 Å². The molecule has 0 spiro atoms. The van der Waals surface area contributed by atoms with Crippen LogP contribution in [0.3, 0.4) is 0 Å². The molecule has 6 rings (SSSR count). The summed E-state index contributed by atoms with van der Waals surface area (Å²) >= 11 is 0. The molecule has 42 heavy (non-hydrogen) atoms. The lowest BCUT2D eigenvalue weighted by Gasteiger charge is -2.37. The number of hydrogen-bond acceptors (Lipinski definition) is 5. The van der Waals surface area contributed by atoms with E-state index in [-0.39, 0.29) is 11.1 Å². The van der Waals surface area contributed by atoms with E-state index >= 15 is 0 Å². The van der Waals surface area contributed by atoms with E-state index in [9.17, 15) is 0 Å². The number of hydrogen-bond donors (Lipinski definition) is 0. The van der Waals surface area contributed by atoms with Crippen molar-refractivity contribution in [1.29, 1.82) is 0 Å². The van der Waals surface area contributed by atoms with E-state index < -0.39 is 8.32 Å². The van der Waals surface area contributed by atoms with E-state index in [1.165, 1.54) is 59.5 Å². The van der Waals surface area contributed by atoms with E-state index in [0.29, 0.717) is 13.2 Å². The summed E-state index contributed by atoms with van der Waals surface area (Å²) in [6, 6.07) is 13.0. The monoisotopic (exact) mass is 585 g/mol. The highest BCUT2D eigenvalue weighted by Gasteiger charge is 2.39. The Hall–Kier alpha value is -2.80. The Morgan fingerprint density at radius 1 is 0.976 bits per heavy atom. The molecule has 2 aromatic rings. The van der Waals surface area contributed by atoms with Gasteiger partial charge < -0.3 is 18.6 Å². The van der Waals surface area contributed by atoms with Crippen molar-refractivity contribution in [2.45, 2.75) is 77.1 Å². The first-order valence-corrected chi connectivity index (χ1v) is 18.8. The Labute approximate surface area is 252 Å². The van der Waals surface area contributed by atoms with Crippen molar-refractivity contribution in [2.75, 3.05) is 39.5 Å². The number of allylic oxidation sites excluding steroid dienone is 1. The lowest BCUT2D eigenvalue weighted by molar-refractivity contribution is 0.0673. The van der Waals surface area contributed by atoms with Gasteiger partial charge in [0.25, 0.3) is 0 Å². The number of rotatable bonds is 7. The van der Waals surface area contributed by atoms with Gasteiger partial charge in [-0.1, -0.05) is 57.5 Å². The van der Waals surface area contributed by atoms with Crippen molar-refractivity contribution < 1.29 is 18.6 Å². The zero-order valence-corrected chi connectivity index (χ0v) is 27.1. The molecule has 0 saturated carbocycles. The van der Waals surface area contributed by atoms with Crippen LogP contribution in [0.4, 0.5) is 0 Å². The third-order valence-corrected chi connectivity index (χ3v) is 14.0. The van der Waals surface area contributed by atoms with Crippen LogP contribution in [-0.4, -0.2) is 52.7 Å². The minimum Gasteiger partial charge on any atom is -0.543 e. The topological polar surface area (TPSA) is 40.2 Å². The molecule has 3 aliphatic heterocycles. The minimum absolute atomic E-state index is 0.0136. The van der Waals surface area contributed by atoms with Crippen molar-refractivity contribution in [1.82, 2.24) is 4.90 Å². The van der Waals surface area contributed by atoms with Crippen LogP contribution < -0.4 is 19.9 Å². The molecule has 4 aliphatic rings. The third kappa shape index (κ3) is 6.27. The summed E-state index contributed by atoms with van der Waals surface area (Å²) in [5.74, 6) is 2.83. The Balaban J connectivity index is 1.25. The lowest BCUT2D eigenvalue weighted by Crippen LogP contribution is -2.40. The summed E-state index contributed by atoms with van der Waals surface area (Å²) < 4.78 is 25.8. The summed E-state index contributed by atoms with van der Waals surface area (Å²) in [6.45, 7) is 16.9. The fraction of sp³-hybridized carbons (Fsp3) is 0.500. The number of likely N-dealkylation sites (tertiary alicyclic amines) is 1. The first-order chi connectivity index (χ1) is 20.2. The van der Waals surface area contributed by atoms with Crippen LogP contribution in [0.5, 0.6) is 11.5 Å². The van der Waals surface area contributed by atoms with Crippen LogP contribution >= 0.6 is 0 Å². The SMILES string of the molecule is CC(C)(C)[Si](C)(C)OC1=Cc2c3c(ccc2=C2COC(c4ccc(OCCN5CCCCC5)cc4)CC2=C1)=CCCO3. The predicted octanol–water partition coefficient (Wildman–Crippen LogP) is 6.73. The second-order valence-electron chi connectivity index (χ2n) is 13.7. The van der Waals surface area contributed by atoms with Crippen molar-refractivity contribution in [3.63, 3.8) is 0 Å². The van der Waals surface area contributed by atoms with Gasteiger partial charge >= 0.3 is 0 Å². The smallest absolute Gasteiger partial charge is 0.250 e. The van der Waals surface area contributed by atoms with E-state index in [4.69, 9.17) is 18.6 Å². The molecule has 0 radical (unpaired) electrons. The molecule has 2 aromatic carbocycles. The molecule has 224 valence electrons. The Morgan fingerprint density at radius 3 is 2.52 bits per heavy atom. The summed E-state index contributed by atoms with van der Waals surface area (Å²) in [5.41, 5.74) is 4.83. The van der Waals surface area contributed by atoms with Gasteiger partial charge in [-0.25, -0.2) is 0 Å². The van der Waals surface area contributed by atoms with Gasteiger partial charge in [0.15, 0.2) is 0 Å². The van der Waals surface area contributed by atoms with E-state index in [1.54, 1.807) is 0 Å². The van der Waals surface area contributed by atoms with Gasteiger partial charge in [0, 0.05) is 30.2 Å². The number of nitrogens with zero attached hydrogens (tertiary/aromatic N) is 1. The van der Waals surface area contributed by atoms with Crippen molar-refractivity contribution in [3.8, 4) is 11.5 Å². The van der Waals surface area contributed by atoms with Gasteiger partial charge in [-0.15, -0.1) is 0 Å². The number of ether oxygens (including phenoxy) is 3. The molecule has 2 saturated heterocycles. The standard InChI is InChI=1S/C36H47NO4Si/c1-36(2,3)42(4,5)41-30-22-28-23-34(26-11-14-29(15-12-26)38-21-19-37-17-7-6-8-18-37)40-25-33(28)31-16-13-27-10-9-20-39-35(27)32(31)24-30/h10-16,22,24,34H,6-9,17-21,23,25H2,1-5H3. The Morgan fingerprint density at radius 2 is 1.76 bits per heavy atom. The van der Waals surface area contributed by atoms with Gasteiger partial charge in [0.1, 0.15) is 23.9 Å². The van der Waals surface area contributed by atoms with Gasteiger partial charge in [-0.05, 0) is 90.3 Å². The average molecular weight is 586 g/mol. The van der Waals surface area contributed by atoms with E-state index in [1.807, 2.05) is 0 Å². The molecule has 3 heterocycles. The molecular formula is C36H47NO4Si. The summed E-state index contributed by atoms with van der Waals surface area (Å²) in [4.78, 5) is 2.51. The largest absolute Gasteiger partial charge is 0.543 e. The van der Waals surface area contributed by atoms with Crippen LogP contribution in [0.25, 0.3) is 17.7 Å². The van der Waals surface area contributed by atoms with Gasteiger partial charge in [-0.2, -0.15) is 0 Å². The van der Waals surface area contributed by atoms with Crippen molar-refractivity contribution >= 4 is 26.0 Å². The lowest BCUT2D eigenvalue weighted by atomic mass is 9.91. The molecule has 2 fully saturated rings. The molecule has 6 heteroatoms. The molecule has 0 bridgehead atoms. The number of piperidine rings is 1. The molecule has 0 aromatic heterocycles. The second-order valence-corrected chi connectivity index (χ2v) is 18.4. The van der Waals surface area contributed by atoms with E-state index in [2.05, 4.69) is 93.4 Å². The van der Waals surface area contributed by atoms with Crippen LogP contribution in [0.15, 0.2) is 53.8 Å². The minimum atomic E-state index is -2.06. The van der Waals surface area contributed by atoms with Crippen molar-refractivity contribution in [3.05, 3.63) is 75.4 Å². The quantitative estimate of drug-likeness (QED) is 0.337. The molecule has 1 aliphatic carbocycles. The highest BCUT2D eigenvalue weighted by molar-refractivity contribution is 6.74. The first kappa shape index (κ1) is 29.3. The third-order valence-electron chi connectivity index (χ3n) is 9.66. The average Bonchev–Trinajstić information content (AvgIpc) is 3.13. The second kappa shape index (κ2) is 12.1. The van der Waals surface area contributed by atoms with Gasteiger partial charge in [0.2, 0.25) is 8.32 Å². The summed E-state index contributed by atoms with van der Waals surface area (Å²) in [5, 5.41) is 2.46. The zero-order chi connectivity index (χ0) is 29.3. The molecule has 1 unspecified atom stereocenters. The van der Waals surface area contributed by atoms with Gasteiger partial charge in [0.05, 0.1) is 19.3 Å². The van der Waals surface area contributed by atoms with E-state index in [0.717, 1.165) is 48.8 Å². The molecule has 0 N–H and O–H groups in total. The maximum absolute atomic E-state index is 6.94. The molecule has 1 atom stereocenters. The molecule has 5 nitrogen and oxygen atoms in total. The van der Waals surface area contributed by atoms with Crippen LogP contribution in [0.2, 0.25) is 18.1 Å². The number of benzene rings is 2. The highest BCUT2D eigenvalue weighted by atomic mass is 28.4. The number of fused-ring (bicyclic) bond motifs is 4. The molecular weight excluding hydrogens is 538 g/mol.